The molecule has 6 heteroatoms. The number of halogens is 1. The van der Waals surface area contributed by atoms with Gasteiger partial charge in [-0.15, -0.1) is 11.3 Å². The minimum Gasteiger partial charge on any atom is -0.310 e. The number of amides is 1. The summed E-state index contributed by atoms with van der Waals surface area (Å²) in [5.41, 5.74) is 2.86. The fraction of sp³-hybridized carbons (Fsp3) is 0.176. The molecular weight excluding hydrogens is 330 g/mol. The van der Waals surface area contributed by atoms with Crippen LogP contribution in [0.5, 0.6) is 0 Å². The molecule has 1 aromatic carbocycles. The fourth-order valence-corrected chi connectivity index (χ4v) is 4.10. The van der Waals surface area contributed by atoms with Crippen molar-refractivity contribution in [2.75, 3.05) is 5.32 Å². The molecule has 3 aromatic rings. The molecule has 4 rings (SSSR count). The van der Waals surface area contributed by atoms with E-state index in [1.807, 2.05) is 42.6 Å². The zero-order chi connectivity index (χ0) is 16.0. The summed E-state index contributed by atoms with van der Waals surface area (Å²) >= 11 is 7.77. The van der Waals surface area contributed by atoms with Crippen LogP contribution in [0.2, 0.25) is 5.02 Å². The molecule has 0 fully saturated rings. The number of hydrogen-bond acceptors (Lipinski definition) is 3. The number of carbonyl (C=O) groups is 1. The summed E-state index contributed by atoms with van der Waals surface area (Å²) < 4.78 is 1.77. The number of benzene rings is 1. The van der Waals surface area contributed by atoms with Gasteiger partial charge in [-0.3, -0.25) is 4.79 Å². The minimum atomic E-state index is 0.0130. The fourth-order valence-electron chi connectivity index (χ4n) is 3.07. The number of anilines is 1. The van der Waals surface area contributed by atoms with Crippen LogP contribution in [-0.2, 0) is 4.79 Å². The highest BCUT2D eigenvalue weighted by molar-refractivity contribution is 7.10. The van der Waals surface area contributed by atoms with E-state index in [9.17, 15) is 4.79 Å². The highest BCUT2D eigenvalue weighted by atomic mass is 35.5. The number of rotatable bonds is 2. The van der Waals surface area contributed by atoms with Crippen molar-refractivity contribution in [2.24, 2.45) is 0 Å². The Bertz CT molecular complexity index is 885. The van der Waals surface area contributed by atoms with Crippen LogP contribution in [-0.4, -0.2) is 15.7 Å². The van der Waals surface area contributed by atoms with Crippen molar-refractivity contribution < 1.29 is 4.79 Å². The van der Waals surface area contributed by atoms with Crippen LogP contribution < -0.4 is 5.32 Å². The molecule has 0 spiro atoms. The molecule has 1 unspecified atom stereocenters. The Morgan fingerprint density at radius 2 is 2.22 bits per heavy atom. The van der Waals surface area contributed by atoms with E-state index in [4.69, 9.17) is 11.6 Å². The van der Waals surface area contributed by atoms with Crippen LogP contribution in [0.25, 0.3) is 5.69 Å². The molecule has 0 aliphatic carbocycles. The Hall–Kier alpha value is -2.11. The number of aryl methyl sites for hydroxylation is 1. The number of aromatic nitrogens is 2. The predicted molar refractivity (Wildman–Crippen MR) is 92.7 cm³/mol. The summed E-state index contributed by atoms with van der Waals surface area (Å²) in [6.45, 7) is 1.98. The molecule has 1 N–H and O–H groups in total. The van der Waals surface area contributed by atoms with Gasteiger partial charge in [0.15, 0.2) is 0 Å². The average molecular weight is 344 g/mol. The predicted octanol–water partition coefficient (Wildman–Crippen LogP) is 4.37. The lowest BCUT2D eigenvalue weighted by molar-refractivity contribution is -0.116. The van der Waals surface area contributed by atoms with Gasteiger partial charge in [0.25, 0.3) is 0 Å². The summed E-state index contributed by atoms with van der Waals surface area (Å²) in [6.07, 6.45) is 0.454. The van der Waals surface area contributed by atoms with Crippen molar-refractivity contribution in [3.63, 3.8) is 0 Å². The van der Waals surface area contributed by atoms with Gasteiger partial charge in [0.05, 0.1) is 11.4 Å². The third kappa shape index (κ3) is 2.46. The van der Waals surface area contributed by atoms with Gasteiger partial charge in [-0.2, -0.15) is 5.10 Å². The molecule has 0 saturated carbocycles. The second-order valence-corrected chi connectivity index (χ2v) is 6.98. The molecule has 2 aromatic heterocycles. The molecule has 1 aliphatic heterocycles. The summed E-state index contributed by atoms with van der Waals surface area (Å²) in [4.78, 5) is 13.4. The van der Waals surface area contributed by atoms with E-state index in [0.29, 0.717) is 11.4 Å². The topological polar surface area (TPSA) is 46.9 Å². The van der Waals surface area contributed by atoms with Crippen LogP contribution in [0.3, 0.4) is 0 Å². The molecular formula is C17H14ClN3OS. The number of nitrogens with one attached hydrogen (secondary N) is 1. The lowest BCUT2D eigenvalue weighted by Crippen LogP contribution is -2.24. The molecule has 0 radical (unpaired) electrons. The first kappa shape index (κ1) is 14.5. The van der Waals surface area contributed by atoms with E-state index in [-0.39, 0.29) is 11.8 Å². The Morgan fingerprint density at radius 1 is 1.35 bits per heavy atom. The quantitative estimate of drug-likeness (QED) is 0.751. The first-order valence-electron chi connectivity index (χ1n) is 7.32. The second-order valence-electron chi connectivity index (χ2n) is 5.56. The number of carbonyl (C=O) groups excluding carboxylic acids is 1. The van der Waals surface area contributed by atoms with Gasteiger partial charge in [-0.25, -0.2) is 4.68 Å². The van der Waals surface area contributed by atoms with Gasteiger partial charge < -0.3 is 5.32 Å². The third-order valence-corrected chi connectivity index (χ3v) is 5.26. The van der Waals surface area contributed by atoms with Crippen molar-refractivity contribution in [3.8, 4) is 5.69 Å². The van der Waals surface area contributed by atoms with Gasteiger partial charge in [0, 0.05) is 27.8 Å². The normalized spacial score (nSPS) is 17.0. The van der Waals surface area contributed by atoms with E-state index in [1.54, 1.807) is 16.0 Å². The molecule has 0 saturated heterocycles. The van der Waals surface area contributed by atoms with Crippen molar-refractivity contribution in [1.82, 2.24) is 9.78 Å². The van der Waals surface area contributed by atoms with Crippen LogP contribution in [0.1, 0.15) is 28.5 Å². The van der Waals surface area contributed by atoms with Crippen molar-refractivity contribution >= 4 is 34.7 Å². The highest BCUT2D eigenvalue weighted by Crippen LogP contribution is 2.41. The summed E-state index contributed by atoms with van der Waals surface area (Å²) in [5, 5.41) is 10.3. The molecule has 0 bridgehead atoms. The van der Waals surface area contributed by atoms with Crippen LogP contribution in [0.4, 0.5) is 5.82 Å². The van der Waals surface area contributed by atoms with Crippen molar-refractivity contribution in [2.45, 2.75) is 19.3 Å². The molecule has 1 atom stereocenters. The summed E-state index contributed by atoms with van der Waals surface area (Å²) in [5.74, 6) is 0.824. The molecule has 1 aliphatic rings. The van der Waals surface area contributed by atoms with E-state index in [2.05, 4.69) is 16.5 Å². The van der Waals surface area contributed by atoms with Crippen LogP contribution in [0.15, 0.2) is 41.8 Å². The van der Waals surface area contributed by atoms with E-state index < -0.39 is 0 Å². The monoisotopic (exact) mass is 343 g/mol. The van der Waals surface area contributed by atoms with Gasteiger partial charge in [0.2, 0.25) is 5.91 Å². The first-order chi connectivity index (χ1) is 11.1. The van der Waals surface area contributed by atoms with Crippen molar-refractivity contribution in [1.29, 1.82) is 0 Å². The maximum absolute atomic E-state index is 12.2. The second kappa shape index (κ2) is 5.51. The van der Waals surface area contributed by atoms with Crippen LogP contribution >= 0.6 is 22.9 Å². The third-order valence-electron chi connectivity index (χ3n) is 4.04. The number of hydrogen-bond donors (Lipinski definition) is 1. The lowest BCUT2D eigenvalue weighted by Gasteiger charge is -2.23. The van der Waals surface area contributed by atoms with Gasteiger partial charge >= 0.3 is 0 Å². The number of nitrogens with zero attached hydrogens (tertiary/aromatic N) is 2. The summed E-state index contributed by atoms with van der Waals surface area (Å²) in [7, 11) is 0. The van der Waals surface area contributed by atoms with E-state index in [1.165, 1.54) is 4.88 Å². The summed E-state index contributed by atoms with van der Waals surface area (Å²) in [6, 6.07) is 11.6. The maximum atomic E-state index is 12.2. The number of fused-ring (bicyclic) bond motifs is 1. The van der Waals surface area contributed by atoms with Crippen LogP contribution in [0, 0.1) is 6.92 Å². The molecule has 3 heterocycles. The first-order valence-corrected chi connectivity index (χ1v) is 8.58. The Labute approximate surface area is 142 Å². The largest absolute Gasteiger partial charge is 0.310 e. The van der Waals surface area contributed by atoms with E-state index in [0.717, 1.165) is 22.8 Å². The maximum Gasteiger partial charge on any atom is 0.226 e. The Kier molecular flexibility index (Phi) is 3.47. The lowest BCUT2D eigenvalue weighted by atomic mass is 9.91. The molecule has 116 valence electrons. The Balaban J connectivity index is 1.90. The standard InChI is InChI=1S/C17H14ClN3OS/c1-10-16-13(14-6-3-7-23-14)9-15(22)19-17(16)21(20-10)12-5-2-4-11(18)8-12/h2-8,13H,9H2,1H3,(H,19,22). The van der Waals surface area contributed by atoms with Gasteiger partial charge in [-0.05, 0) is 36.6 Å². The molecule has 4 nitrogen and oxygen atoms in total. The van der Waals surface area contributed by atoms with Crippen molar-refractivity contribution in [3.05, 3.63) is 62.9 Å². The smallest absolute Gasteiger partial charge is 0.226 e. The zero-order valence-electron chi connectivity index (χ0n) is 12.4. The van der Waals surface area contributed by atoms with E-state index >= 15 is 0 Å². The molecule has 23 heavy (non-hydrogen) atoms. The van der Waals surface area contributed by atoms with Gasteiger partial charge in [0.1, 0.15) is 5.82 Å². The minimum absolute atomic E-state index is 0.0130. The Morgan fingerprint density at radius 3 is 2.96 bits per heavy atom. The molecule has 1 amide bonds. The average Bonchev–Trinajstić information content (AvgIpc) is 3.15. The number of thiophene rings is 1. The highest BCUT2D eigenvalue weighted by Gasteiger charge is 2.33. The van der Waals surface area contributed by atoms with Gasteiger partial charge in [-0.1, -0.05) is 23.7 Å². The zero-order valence-corrected chi connectivity index (χ0v) is 14.0. The SMILES string of the molecule is Cc1nn(-c2cccc(Cl)c2)c2c1C(c1cccs1)CC(=O)N2.